The zero-order valence-electron chi connectivity index (χ0n) is 10.6. The smallest absolute Gasteiger partial charge is 0.102 e. The quantitative estimate of drug-likeness (QED) is 0.771. The van der Waals surface area contributed by atoms with Crippen LogP contribution in [0, 0.1) is 0 Å². The fourth-order valence-corrected chi connectivity index (χ4v) is 2.06. The van der Waals surface area contributed by atoms with Crippen molar-refractivity contribution in [2.24, 2.45) is 7.05 Å². The van der Waals surface area contributed by atoms with Gasteiger partial charge in [0.25, 0.3) is 0 Å². The molecule has 96 valence electrons. The molecule has 3 aromatic rings. The molecule has 1 N–H and O–H groups in total. The summed E-state index contributed by atoms with van der Waals surface area (Å²) in [7, 11) is 1.80. The number of aliphatic hydroxyl groups excluding tert-OH is 1. The number of hydrogen-bond donors (Lipinski definition) is 1. The van der Waals surface area contributed by atoms with Gasteiger partial charge in [0, 0.05) is 25.1 Å². The Balaban J connectivity index is 1.86. The Morgan fingerprint density at radius 2 is 2.05 bits per heavy atom. The van der Waals surface area contributed by atoms with Gasteiger partial charge in [-0.25, -0.2) is 0 Å². The van der Waals surface area contributed by atoms with Gasteiger partial charge in [0.05, 0.1) is 16.9 Å². The molecule has 5 heteroatoms. The fourth-order valence-electron chi connectivity index (χ4n) is 2.06. The van der Waals surface area contributed by atoms with E-state index in [1.54, 1.807) is 17.9 Å². The summed E-state index contributed by atoms with van der Waals surface area (Å²) in [6.45, 7) is 0. The van der Waals surface area contributed by atoms with Crippen molar-refractivity contribution in [2.75, 3.05) is 0 Å². The summed E-state index contributed by atoms with van der Waals surface area (Å²) in [5.41, 5.74) is 2.30. The van der Waals surface area contributed by atoms with Crippen molar-refractivity contribution in [2.45, 2.75) is 12.5 Å². The van der Waals surface area contributed by atoms with Crippen LogP contribution >= 0.6 is 0 Å². The third-order valence-corrected chi connectivity index (χ3v) is 3.01. The molecule has 1 aromatic carbocycles. The van der Waals surface area contributed by atoms with Gasteiger partial charge in [0.2, 0.25) is 0 Å². The predicted molar refractivity (Wildman–Crippen MR) is 71.4 cm³/mol. The SMILES string of the molecule is Cn1cc(CC(O)c2ccc3ccccc3n2)nn1. The van der Waals surface area contributed by atoms with E-state index >= 15 is 0 Å². The van der Waals surface area contributed by atoms with Crippen molar-refractivity contribution in [3.05, 3.63) is 54.0 Å². The fraction of sp³-hybridized carbons (Fsp3) is 0.214. The second-order valence-electron chi connectivity index (χ2n) is 4.53. The van der Waals surface area contributed by atoms with Crippen molar-refractivity contribution >= 4 is 10.9 Å². The molecular weight excluding hydrogens is 240 g/mol. The van der Waals surface area contributed by atoms with Crippen molar-refractivity contribution in [1.82, 2.24) is 20.0 Å². The van der Waals surface area contributed by atoms with Crippen LogP contribution in [0.1, 0.15) is 17.5 Å². The highest BCUT2D eigenvalue weighted by Gasteiger charge is 2.12. The first-order chi connectivity index (χ1) is 9.22. The molecule has 1 atom stereocenters. The van der Waals surface area contributed by atoms with E-state index in [2.05, 4.69) is 15.3 Å². The molecule has 0 saturated carbocycles. The predicted octanol–water partition coefficient (Wildman–Crippen LogP) is 1.64. The maximum absolute atomic E-state index is 10.2. The zero-order chi connectivity index (χ0) is 13.2. The third kappa shape index (κ3) is 2.46. The van der Waals surface area contributed by atoms with Crippen LogP contribution in [0.4, 0.5) is 0 Å². The van der Waals surface area contributed by atoms with E-state index in [1.165, 1.54) is 0 Å². The molecule has 0 spiro atoms. The number of nitrogens with zero attached hydrogens (tertiary/aromatic N) is 4. The average molecular weight is 254 g/mol. The Kier molecular flexibility index (Phi) is 2.97. The van der Waals surface area contributed by atoms with Crippen LogP contribution < -0.4 is 0 Å². The van der Waals surface area contributed by atoms with Gasteiger partial charge in [-0.05, 0) is 12.1 Å². The molecular formula is C14H14N4O. The van der Waals surface area contributed by atoms with Crippen LogP contribution in [0.15, 0.2) is 42.6 Å². The zero-order valence-corrected chi connectivity index (χ0v) is 10.6. The molecule has 0 aliphatic carbocycles. The number of fused-ring (bicyclic) bond motifs is 1. The van der Waals surface area contributed by atoms with Crippen molar-refractivity contribution in [3.8, 4) is 0 Å². The van der Waals surface area contributed by atoms with E-state index in [0.717, 1.165) is 16.6 Å². The number of aromatic nitrogens is 4. The molecule has 0 fully saturated rings. The molecule has 0 amide bonds. The first-order valence-electron chi connectivity index (χ1n) is 6.11. The third-order valence-electron chi connectivity index (χ3n) is 3.01. The van der Waals surface area contributed by atoms with E-state index in [4.69, 9.17) is 0 Å². The minimum absolute atomic E-state index is 0.416. The van der Waals surface area contributed by atoms with Crippen LogP contribution in [0.5, 0.6) is 0 Å². The molecule has 0 radical (unpaired) electrons. The summed E-state index contributed by atoms with van der Waals surface area (Å²) in [5, 5.41) is 19.1. The molecule has 0 aliphatic heterocycles. The standard InChI is InChI=1S/C14H14N4O/c1-18-9-11(16-17-18)8-14(19)13-7-6-10-4-2-3-5-12(10)15-13/h2-7,9,14,19H,8H2,1H3. The Labute approximate surface area is 110 Å². The number of aryl methyl sites for hydroxylation is 1. The highest BCUT2D eigenvalue weighted by Crippen LogP contribution is 2.19. The summed E-state index contributed by atoms with van der Waals surface area (Å²) < 4.78 is 1.62. The molecule has 1 unspecified atom stereocenters. The summed E-state index contributed by atoms with van der Waals surface area (Å²) in [5.74, 6) is 0. The monoisotopic (exact) mass is 254 g/mol. The maximum Gasteiger partial charge on any atom is 0.102 e. The minimum Gasteiger partial charge on any atom is -0.386 e. The number of aliphatic hydroxyl groups is 1. The summed E-state index contributed by atoms with van der Waals surface area (Å²) >= 11 is 0. The van der Waals surface area contributed by atoms with Crippen molar-refractivity contribution < 1.29 is 5.11 Å². The lowest BCUT2D eigenvalue weighted by Gasteiger charge is -2.09. The highest BCUT2D eigenvalue weighted by atomic mass is 16.3. The lowest BCUT2D eigenvalue weighted by atomic mass is 10.1. The molecule has 3 rings (SSSR count). The van der Waals surface area contributed by atoms with Gasteiger partial charge in [0.1, 0.15) is 6.10 Å². The Morgan fingerprint density at radius 1 is 1.21 bits per heavy atom. The van der Waals surface area contributed by atoms with Crippen molar-refractivity contribution in [3.63, 3.8) is 0 Å². The first-order valence-corrected chi connectivity index (χ1v) is 6.11. The maximum atomic E-state index is 10.2. The number of pyridine rings is 1. The van der Waals surface area contributed by atoms with E-state index in [0.29, 0.717) is 12.1 Å². The second kappa shape index (κ2) is 4.78. The summed E-state index contributed by atoms with van der Waals surface area (Å²) in [6.07, 6.45) is 1.55. The number of para-hydroxylation sites is 1. The van der Waals surface area contributed by atoms with Crippen LogP contribution in [-0.2, 0) is 13.5 Å². The molecule has 5 nitrogen and oxygen atoms in total. The topological polar surface area (TPSA) is 63.8 Å². The molecule has 2 aromatic heterocycles. The molecule has 0 bridgehead atoms. The first kappa shape index (κ1) is 11.8. The number of hydrogen-bond acceptors (Lipinski definition) is 4. The van der Waals surface area contributed by atoms with E-state index in [9.17, 15) is 5.11 Å². The van der Waals surface area contributed by atoms with E-state index < -0.39 is 6.10 Å². The number of rotatable bonds is 3. The number of benzene rings is 1. The average Bonchev–Trinajstić information content (AvgIpc) is 2.83. The Morgan fingerprint density at radius 3 is 2.84 bits per heavy atom. The van der Waals surface area contributed by atoms with Crippen LogP contribution in [0.25, 0.3) is 10.9 Å². The van der Waals surface area contributed by atoms with Gasteiger partial charge in [-0.2, -0.15) is 0 Å². The van der Waals surface area contributed by atoms with Crippen molar-refractivity contribution in [1.29, 1.82) is 0 Å². The summed E-state index contributed by atoms with van der Waals surface area (Å²) in [6, 6.07) is 11.7. The van der Waals surface area contributed by atoms with Crippen LogP contribution in [0.3, 0.4) is 0 Å². The van der Waals surface area contributed by atoms with E-state index in [1.807, 2.05) is 36.4 Å². The van der Waals surface area contributed by atoms with Gasteiger partial charge < -0.3 is 5.11 Å². The van der Waals surface area contributed by atoms with Gasteiger partial charge >= 0.3 is 0 Å². The minimum atomic E-state index is -0.665. The Bertz CT molecular complexity index is 707. The van der Waals surface area contributed by atoms with Gasteiger partial charge in [-0.1, -0.05) is 29.5 Å². The molecule has 0 aliphatic rings. The van der Waals surface area contributed by atoms with Crippen LogP contribution in [0.2, 0.25) is 0 Å². The molecule has 0 saturated heterocycles. The van der Waals surface area contributed by atoms with Gasteiger partial charge in [0.15, 0.2) is 0 Å². The largest absolute Gasteiger partial charge is 0.386 e. The lowest BCUT2D eigenvalue weighted by Crippen LogP contribution is -2.04. The molecule has 19 heavy (non-hydrogen) atoms. The normalized spacial score (nSPS) is 12.7. The van der Waals surface area contributed by atoms with Gasteiger partial charge in [-0.3, -0.25) is 9.67 Å². The lowest BCUT2D eigenvalue weighted by molar-refractivity contribution is 0.173. The highest BCUT2D eigenvalue weighted by molar-refractivity contribution is 5.78. The summed E-state index contributed by atoms with van der Waals surface area (Å²) in [4.78, 5) is 4.47. The second-order valence-corrected chi connectivity index (χ2v) is 4.53. The Hall–Kier alpha value is -2.27. The van der Waals surface area contributed by atoms with E-state index in [-0.39, 0.29) is 0 Å². The molecule has 2 heterocycles. The van der Waals surface area contributed by atoms with Gasteiger partial charge in [-0.15, -0.1) is 5.10 Å². The van der Waals surface area contributed by atoms with Crippen LogP contribution in [-0.4, -0.2) is 25.1 Å².